The highest BCUT2D eigenvalue weighted by Crippen LogP contribution is 2.50. The predicted octanol–water partition coefficient (Wildman–Crippen LogP) is 14.2. The third kappa shape index (κ3) is 3.89. The van der Waals surface area contributed by atoms with Crippen LogP contribution in [0.2, 0.25) is 0 Å². The van der Waals surface area contributed by atoms with Crippen LogP contribution < -0.4 is 0 Å². The number of fused-ring (bicyclic) bond motifs is 2. The van der Waals surface area contributed by atoms with Crippen molar-refractivity contribution >= 4 is 110 Å². The number of rotatable bonds is 4. The lowest BCUT2D eigenvalue weighted by Gasteiger charge is -2.21. The largest absolute Gasteiger partial charge is 0.245 e. The van der Waals surface area contributed by atoms with Crippen molar-refractivity contribution in [1.82, 2.24) is 9.97 Å². The van der Waals surface area contributed by atoms with Gasteiger partial charge in [0.25, 0.3) is 0 Å². The number of hydrogen-bond donors (Lipinski definition) is 0. The van der Waals surface area contributed by atoms with Crippen molar-refractivity contribution < 1.29 is 0 Å². The van der Waals surface area contributed by atoms with Gasteiger partial charge in [-0.15, -0.1) is 45.3 Å². The molecule has 6 heteroatoms. The van der Waals surface area contributed by atoms with Crippen LogP contribution in [0.5, 0.6) is 0 Å². The highest BCUT2D eigenvalue weighted by atomic mass is 32.1. The molecule has 11 rings (SSSR count). The summed E-state index contributed by atoms with van der Waals surface area (Å²) in [6, 6.07) is 35.9. The van der Waals surface area contributed by atoms with E-state index in [1.165, 1.54) is 84.1 Å². The Kier molecular flexibility index (Phi) is 6.43. The Morgan fingerprint density at radius 2 is 0.542 bits per heavy atom. The van der Waals surface area contributed by atoms with Gasteiger partial charge in [0, 0.05) is 32.3 Å². The van der Waals surface area contributed by atoms with Crippen LogP contribution in [0.3, 0.4) is 0 Å². The second-order valence-electron chi connectivity index (χ2n) is 11.7. The van der Waals surface area contributed by atoms with Gasteiger partial charge >= 0.3 is 0 Å². The summed E-state index contributed by atoms with van der Waals surface area (Å²) >= 11 is 7.03. The summed E-state index contributed by atoms with van der Waals surface area (Å²) in [5.74, 6) is 0. The van der Waals surface area contributed by atoms with Crippen LogP contribution in [0, 0.1) is 0 Å². The maximum Gasteiger partial charge on any atom is 0.0888 e. The van der Waals surface area contributed by atoms with Crippen LogP contribution >= 0.6 is 45.3 Å². The molecule has 0 aliphatic heterocycles. The first kappa shape index (κ1) is 28.3. The fraction of sp³-hybridized carbons (Fsp3) is 0.0476. The Bertz CT molecular complexity index is 2500. The zero-order valence-electron chi connectivity index (χ0n) is 26.1. The van der Waals surface area contributed by atoms with Gasteiger partial charge < -0.3 is 0 Å². The topological polar surface area (TPSA) is 25.8 Å². The smallest absolute Gasteiger partial charge is 0.0888 e. The lowest BCUT2D eigenvalue weighted by atomic mass is 9.84. The van der Waals surface area contributed by atoms with Crippen LogP contribution in [0.15, 0.2) is 119 Å². The molecule has 0 aliphatic rings. The summed E-state index contributed by atoms with van der Waals surface area (Å²) in [4.78, 5) is 15.5. The number of aromatic nitrogens is 2. The fourth-order valence-electron chi connectivity index (χ4n) is 7.55. The average Bonchev–Trinajstić information content (AvgIpc) is 3.99. The van der Waals surface area contributed by atoms with Gasteiger partial charge in [0.1, 0.15) is 0 Å². The molecule has 0 N–H and O–H groups in total. The van der Waals surface area contributed by atoms with Gasteiger partial charge in [0.05, 0.1) is 42.3 Å². The highest BCUT2D eigenvalue weighted by molar-refractivity contribution is 7.14. The first-order valence-corrected chi connectivity index (χ1v) is 19.6. The lowest BCUT2D eigenvalue weighted by Crippen LogP contribution is -1.96. The summed E-state index contributed by atoms with van der Waals surface area (Å²) in [5.41, 5.74) is 4.27. The summed E-state index contributed by atoms with van der Waals surface area (Å²) < 4.78 is 0. The van der Waals surface area contributed by atoms with Crippen molar-refractivity contribution in [3.8, 4) is 42.3 Å². The Hall–Kier alpha value is -4.72. The lowest BCUT2D eigenvalue weighted by molar-refractivity contribution is 1.40. The minimum absolute atomic E-state index is 1.07. The zero-order chi connectivity index (χ0) is 31.9. The third-order valence-corrected chi connectivity index (χ3v) is 12.9. The Balaban J connectivity index is 0.00000145. The molecule has 0 saturated heterocycles. The molecule has 5 aromatic carbocycles. The van der Waals surface area contributed by atoms with E-state index in [1.807, 2.05) is 13.8 Å². The number of thiophene rings is 4. The molecule has 2 nitrogen and oxygen atoms in total. The molecule has 228 valence electrons. The zero-order valence-corrected chi connectivity index (χ0v) is 29.3. The summed E-state index contributed by atoms with van der Waals surface area (Å²) in [5, 5.41) is 23.9. The number of pyridine rings is 2. The van der Waals surface area contributed by atoms with E-state index in [2.05, 4.69) is 119 Å². The summed E-state index contributed by atoms with van der Waals surface area (Å²) in [6.07, 6.45) is 0. The van der Waals surface area contributed by atoms with Crippen molar-refractivity contribution in [2.24, 2.45) is 0 Å². The van der Waals surface area contributed by atoms with E-state index < -0.39 is 0 Å². The number of benzene rings is 5. The molecule has 0 radical (unpaired) electrons. The highest BCUT2D eigenvalue weighted by Gasteiger charge is 2.24. The van der Waals surface area contributed by atoms with Crippen molar-refractivity contribution in [1.29, 1.82) is 0 Å². The maximum atomic E-state index is 5.37. The van der Waals surface area contributed by atoms with Gasteiger partial charge in [-0.1, -0.05) is 86.6 Å². The van der Waals surface area contributed by atoms with Gasteiger partial charge in [0.15, 0.2) is 0 Å². The maximum absolute atomic E-state index is 5.37. The third-order valence-electron chi connectivity index (χ3n) is 9.39. The minimum Gasteiger partial charge on any atom is -0.245 e. The molecule has 0 bridgehead atoms. The van der Waals surface area contributed by atoms with Crippen molar-refractivity contribution in [2.75, 3.05) is 0 Å². The fourth-order valence-corrected chi connectivity index (χ4v) is 10.5. The first-order valence-electron chi connectivity index (χ1n) is 16.1. The molecule has 0 spiro atoms. The summed E-state index contributed by atoms with van der Waals surface area (Å²) in [6.45, 7) is 4.00. The second-order valence-corrected chi connectivity index (χ2v) is 15.5. The molecule has 0 unspecified atom stereocenters. The molecule has 0 fully saturated rings. The Morgan fingerprint density at radius 3 is 0.771 bits per heavy atom. The molecular formula is C42H26N2S4. The van der Waals surface area contributed by atoms with Crippen LogP contribution in [-0.4, -0.2) is 9.97 Å². The molecule has 6 heterocycles. The number of hydrogen-bond acceptors (Lipinski definition) is 6. The van der Waals surface area contributed by atoms with Crippen LogP contribution in [-0.2, 0) is 0 Å². The minimum atomic E-state index is 1.07. The van der Waals surface area contributed by atoms with E-state index in [9.17, 15) is 0 Å². The Labute approximate surface area is 292 Å². The molecule has 11 aromatic rings. The van der Waals surface area contributed by atoms with Crippen molar-refractivity contribution in [3.05, 3.63) is 119 Å². The van der Waals surface area contributed by atoms with Crippen LogP contribution in [0.25, 0.3) is 107 Å². The Morgan fingerprint density at radius 1 is 0.312 bits per heavy atom. The van der Waals surface area contributed by atoms with E-state index in [0.29, 0.717) is 0 Å². The van der Waals surface area contributed by atoms with Gasteiger partial charge in [-0.2, -0.15) is 0 Å². The van der Waals surface area contributed by atoms with Gasteiger partial charge in [-0.25, -0.2) is 9.97 Å². The van der Waals surface area contributed by atoms with E-state index in [1.54, 1.807) is 45.3 Å². The number of nitrogens with zero attached hydrogens (tertiary/aromatic N) is 2. The van der Waals surface area contributed by atoms with Gasteiger partial charge in [0.2, 0.25) is 0 Å². The van der Waals surface area contributed by atoms with Crippen molar-refractivity contribution in [2.45, 2.75) is 13.8 Å². The summed E-state index contributed by atoms with van der Waals surface area (Å²) in [7, 11) is 0. The predicted molar refractivity (Wildman–Crippen MR) is 214 cm³/mol. The average molecular weight is 687 g/mol. The second kappa shape index (κ2) is 10.9. The van der Waals surface area contributed by atoms with E-state index in [0.717, 1.165) is 22.8 Å². The van der Waals surface area contributed by atoms with E-state index in [4.69, 9.17) is 9.97 Å². The molecule has 6 aromatic heterocycles. The van der Waals surface area contributed by atoms with Crippen molar-refractivity contribution in [3.63, 3.8) is 0 Å². The molecule has 0 aliphatic carbocycles. The normalized spacial score (nSPS) is 12.0. The monoisotopic (exact) mass is 686 g/mol. The van der Waals surface area contributed by atoms with Gasteiger partial charge in [-0.3, -0.25) is 0 Å². The molecule has 48 heavy (non-hydrogen) atoms. The van der Waals surface area contributed by atoms with E-state index >= 15 is 0 Å². The van der Waals surface area contributed by atoms with Crippen LogP contribution in [0.1, 0.15) is 13.8 Å². The van der Waals surface area contributed by atoms with E-state index in [-0.39, 0.29) is 0 Å². The molecule has 0 atom stereocenters. The van der Waals surface area contributed by atoms with Crippen LogP contribution in [0.4, 0.5) is 0 Å². The SMILES string of the molecule is CC.c1csc(-c2nc(-c3cccs3)c3ccc4c5ccc6c(-c7cccs7)nc(-c7cccs7)c7ccc(c8ccc2c3c84)c5c76)c1. The standard InChI is InChI=1S/C40H20N2S4.C2H6/c1-5-29(43-17-1)37-25-13-9-21-23-11-15-27-36-28(40(32-8-4-20-46-32)42-39(27)31-7-3-19-45-31)16-12-24(34(23)36)22-10-14-26(35(25)33(21)22)38(41-37)30-6-2-18-44-30;1-2/h1-20H;1-2H3. The first-order chi connectivity index (χ1) is 23.8. The van der Waals surface area contributed by atoms with Gasteiger partial charge in [-0.05, 0) is 78.1 Å². The quantitative estimate of drug-likeness (QED) is 0.136. The molecule has 0 amide bonds. The molecular weight excluding hydrogens is 661 g/mol. The molecule has 0 saturated carbocycles.